The van der Waals surface area contributed by atoms with E-state index in [0.29, 0.717) is 13.0 Å². The maximum atomic E-state index is 13.1. The minimum Gasteiger partial charge on any atom is -0.494 e. The zero-order chi connectivity index (χ0) is 15.2. The van der Waals surface area contributed by atoms with Crippen molar-refractivity contribution in [3.8, 4) is 5.75 Å². The van der Waals surface area contributed by atoms with Gasteiger partial charge in [0.25, 0.3) is 0 Å². The largest absolute Gasteiger partial charge is 0.494 e. The Morgan fingerprint density at radius 2 is 2.10 bits per heavy atom. The lowest BCUT2D eigenvalue weighted by molar-refractivity contribution is 0.339. The standard InChI is InChI=1S/C16H18BrFN2O/c1-2-21-14-5-3-4-12(8-14)16(20-19)9-11-6-7-13(18)10-15(11)17/h3-8,10,16,20H,2,9,19H2,1H3. The van der Waals surface area contributed by atoms with Crippen LogP contribution in [0.25, 0.3) is 0 Å². The molecule has 0 aliphatic carbocycles. The molecule has 112 valence electrons. The Kier molecular flexibility index (Phi) is 5.73. The van der Waals surface area contributed by atoms with E-state index in [4.69, 9.17) is 10.6 Å². The smallest absolute Gasteiger partial charge is 0.124 e. The van der Waals surface area contributed by atoms with Crippen LogP contribution in [0.2, 0.25) is 0 Å². The second kappa shape index (κ2) is 7.54. The van der Waals surface area contributed by atoms with Gasteiger partial charge in [0.15, 0.2) is 0 Å². The molecule has 2 rings (SSSR count). The third-order valence-electron chi connectivity index (χ3n) is 3.21. The monoisotopic (exact) mass is 352 g/mol. The van der Waals surface area contributed by atoms with Gasteiger partial charge in [-0.1, -0.05) is 34.1 Å². The van der Waals surface area contributed by atoms with Crippen molar-refractivity contribution in [2.45, 2.75) is 19.4 Å². The summed E-state index contributed by atoms with van der Waals surface area (Å²) in [5.74, 6) is 6.23. The van der Waals surface area contributed by atoms with Crippen molar-refractivity contribution in [3.05, 3.63) is 63.9 Å². The topological polar surface area (TPSA) is 47.3 Å². The van der Waals surface area contributed by atoms with Crippen LogP contribution in [-0.2, 0) is 6.42 Å². The normalized spacial score (nSPS) is 12.2. The van der Waals surface area contributed by atoms with Crippen molar-refractivity contribution < 1.29 is 9.13 Å². The maximum absolute atomic E-state index is 13.1. The molecular formula is C16H18BrFN2O. The van der Waals surface area contributed by atoms with E-state index in [1.165, 1.54) is 12.1 Å². The fraction of sp³-hybridized carbons (Fsp3) is 0.250. The van der Waals surface area contributed by atoms with Gasteiger partial charge in [-0.05, 0) is 48.7 Å². The average molecular weight is 353 g/mol. The maximum Gasteiger partial charge on any atom is 0.124 e. The number of hydrazine groups is 1. The summed E-state index contributed by atoms with van der Waals surface area (Å²) in [5.41, 5.74) is 4.82. The highest BCUT2D eigenvalue weighted by atomic mass is 79.9. The van der Waals surface area contributed by atoms with Gasteiger partial charge in [0, 0.05) is 4.47 Å². The number of hydrogen-bond donors (Lipinski definition) is 2. The molecule has 0 aliphatic rings. The molecule has 21 heavy (non-hydrogen) atoms. The predicted molar refractivity (Wildman–Crippen MR) is 85.5 cm³/mol. The first kappa shape index (κ1) is 15.9. The van der Waals surface area contributed by atoms with Gasteiger partial charge in [-0.3, -0.25) is 11.3 Å². The van der Waals surface area contributed by atoms with E-state index >= 15 is 0 Å². The van der Waals surface area contributed by atoms with Crippen LogP contribution in [0.15, 0.2) is 46.9 Å². The summed E-state index contributed by atoms with van der Waals surface area (Å²) in [7, 11) is 0. The van der Waals surface area contributed by atoms with E-state index in [-0.39, 0.29) is 11.9 Å². The Morgan fingerprint density at radius 3 is 2.76 bits per heavy atom. The van der Waals surface area contributed by atoms with Gasteiger partial charge in [-0.25, -0.2) is 4.39 Å². The highest BCUT2D eigenvalue weighted by Gasteiger charge is 2.13. The Hall–Kier alpha value is -1.43. The van der Waals surface area contributed by atoms with Crippen LogP contribution in [0.1, 0.15) is 24.1 Å². The van der Waals surface area contributed by atoms with Gasteiger partial charge in [0.05, 0.1) is 12.6 Å². The Labute approximate surface area is 132 Å². The Bertz CT molecular complexity index is 607. The van der Waals surface area contributed by atoms with Crippen molar-refractivity contribution in [1.29, 1.82) is 0 Å². The number of rotatable bonds is 6. The molecule has 3 N–H and O–H groups in total. The molecule has 2 aromatic carbocycles. The molecule has 0 spiro atoms. The van der Waals surface area contributed by atoms with E-state index < -0.39 is 0 Å². The molecule has 5 heteroatoms. The zero-order valence-corrected chi connectivity index (χ0v) is 13.4. The van der Waals surface area contributed by atoms with Crippen LogP contribution >= 0.6 is 15.9 Å². The molecule has 2 aromatic rings. The number of nitrogens with two attached hydrogens (primary N) is 1. The van der Waals surface area contributed by atoms with Gasteiger partial charge < -0.3 is 4.74 Å². The van der Waals surface area contributed by atoms with Crippen LogP contribution < -0.4 is 16.0 Å². The highest BCUT2D eigenvalue weighted by molar-refractivity contribution is 9.10. The number of hydrogen-bond acceptors (Lipinski definition) is 3. The van der Waals surface area contributed by atoms with Crippen molar-refractivity contribution in [3.63, 3.8) is 0 Å². The second-order valence-electron chi connectivity index (χ2n) is 4.66. The van der Waals surface area contributed by atoms with E-state index in [2.05, 4.69) is 21.4 Å². The number of halogens is 2. The lowest BCUT2D eigenvalue weighted by Gasteiger charge is -2.18. The predicted octanol–water partition coefficient (Wildman–Crippen LogP) is 3.73. The number of nitrogens with one attached hydrogen (secondary N) is 1. The number of benzene rings is 2. The zero-order valence-electron chi connectivity index (χ0n) is 11.8. The first-order valence-electron chi connectivity index (χ1n) is 6.77. The molecular weight excluding hydrogens is 335 g/mol. The van der Waals surface area contributed by atoms with Gasteiger partial charge in [-0.2, -0.15) is 0 Å². The lowest BCUT2D eigenvalue weighted by atomic mass is 9.99. The van der Waals surface area contributed by atoms with Crippen molar-refractivity contribution in [2.75, 3.05) is 6.61 Å². The van der Waals surface area contributed by atoms with Crippen LogP contribution in [0.3, 0.4) is 0 Å². The molecule has 0 aliphatic heterocycles. The first-order valence-corrected chi connectivity index (χ1v) is 7.56. The summed E-state index contributed by atoms with van der Waals surface area (Å²) in [6.07, 6.45) is 0.646. The molecule has 1 atom stereocenters. The third-order valence-corrected chi connectivity index (χ3v) is 3.95. The summed E-state index contributed by atoms with van der Waals surface area (Å²) in [4.78, 5) is 0. The molecule has 1 unspecified atom stereocenters. The summed E-state index contributed by atoms with van der Waals surface area (Å²) in [5, 5.41) is 0. The van der Waals surface area contributed by atoms with Crippen LogP contribution in [-0.4, -0.2) is 6.61 Å². The Morgan fingerprint density at radius 1 is 1.29 bits per heavy atom. The SMILES string of the molecule is CCOc1cccc(C(Cc2ccc(F)cc2Br)NN)c1. The minimum atomic E-state index is -0.263. The highest BCUT2D eigenvalue weighted by Crippen LogP contribution is 2.26. The quantitative estimate of drug-likeness (QED) is 0.615. The molecule has 0 bridgehead atoms. The number of ether oxygens (including phenoxy) is 1. The van der Waals surface area contributed by atoms with Gasteiger partial charge >= 0.3 is 0 Å². The minimum absolute atomic E-state index is 0.0767. The lowest BCUT2D eigenvalue weighted by Crippen LogP contribution is -2.29. The van der Waals surface area contributed by atoms with Crippen LogP contribution in [0.5, 0.6) is 5.75 Å². The molecule has 0 saturated heterocycles. The summed E-state index contributed by atoms with van der Waals surface area (Å²) < 4.78 is 19.4. The molecule has 0 saturated carbocycles. The summed E-state index contributed by atoms with van der Waals surface area (Å²) in [6, 6.07) is 12.4. The fourth-order valence-electron chi connectivity index (χ4n) is 2.17. The third kappa shape index (κ3) is 4.27. The van der Waals surface area contributed by atoms with Crippen molar-refractivity contribution >= 4 is 15.9 Å². The molecule has 0 amide bonds. The second-order valence-corrected chi connectivity index (χ2v) is 5.52. The van der Waals surface area contributed by atoms with Gasteiger partial charge in [0.2, 0.25) is 0 Å². The van der Waals surface area contributed by atoms with E-state index in [1.807, 2.05) is 31.2 Å². The first-order chi connectivity index (χ1) is 10.1. The van der Waals surface area contributed by atoms with Crippen molar-refractivity contribution in [1.82, 2.24) is 5.43 Å². The molecule has 0 fully saturated rings. The van der Waals surface area contributed by atoms with E-state index in [9.17, 15) is 4.39 Å². The van der Waals surface area contributed by atoms with Gasteiger partial charge in [-0.15, -0.1) is 0 Å². The van der Waals surface area contributed by atoms with Gasteiger partial charge in [0.1, 0.15) is 11.6 Å². The summed E-state index contributed by atoms with van der Waals surface area (Å²) in [6.45, 7) is 2.56. The van der Waals surface area contributed by atoms with Crippen molar-refractivity contribution in [2.24, 2.45) is 5.84 Å². The fourth-order valence-corrected chi connectivity index (χ4v) is 2.68. The molecule has 0 aromatic heterocycles. The van der Waals surface area contributed by atoms with Crippen LogP contribution in [0.4, 0.5) is 4.39 Å². The average Bonchev–Trinajstić information content (AvgIpc) is 2.47. The summed E-state index contributed by atoms with van der Waals surface area (Å²) >= 11 is 3.38. The van der Waals surface area contributed by atoms with Crippen LogP contribution in [0, 0.1) is 5.82 Å². The molecule has 0 heterocycles. The van der Waals surface area contributed by atoms with E-state index in [1.54, 1.807) is 6.07 Å². The Balaban J connectivity index is 2.21. The molecule has 0 radical (unpaired) electrons. The van der Waals surface area contributed by atoms with E-state index in [0.717, 1.165) is 21.3 Å². The molecule has 3 nitrogen and oxygen atoms in total.